The average Bonchev–Trinajstić information content (AvgIpc) is 2.70. The van der Waals surface area contributed by atoms with E-state index in [9.17, 15) is 18.0 Å². The van der Waals surface area contributed by atoms with Crippen LogP contribution in [-0.4, -0.2) is 38.5 Å². The maximum Gasteiger partial charge on any atom is 0.392 e. The third-order valence-electron chi connectivity index (χ3n) is 2.19. The highest BCUT2D eigenvalue weighted by Crippen LogP contribution is 2.20. The molecule has 0 saturated heterocycles. The smallest absolute Gasteiger partial charge is 0.392 e. The number of nitrogens with zero attached hydrogens (tertiary/aromatic N) is 3. The number of hydrogen-bond donors (Lipinski definition) is 1. The van der Waals surface area contributed by atoms with Gasteiger partial charge in [-0.2, -0.15) is 13.2 Å². The lowest BCUT2D eigenvalue weighted by Crippen LogP contribution is -2.14. The first-order valence-electron chi connectivity index (χ1n) is 5.14. The molecule has 0 unspecified atom stereocenters. The van der Waals surface area contributed by atoms with Gasteiger partial charge in [0.05, 0.1) is 19.2 Å². The second kappa shape index (κ2) is 4.75. The van der Waals surface area contributed by atoms with E-state index in [0.29, 0.717) is 0 Å². The highest BCUT2D eigenvalue weighted by atomic mass is 19.4. The monoisotopic (exact) mass is 275 g/mol. The summed E-state index contributed by atoms with van der Waals surface area (Å²) in [6, 6.07) is 2.73. The number of fused-ring (bicyclic) bond motifs is 1. The molecule has 6 nitrogen and oxygen atoms in total. The van der Waals surface area contributed by atoms with Crippen LogP contribution in [0.5, 0.6) is 5.88 Å². The first kappa shape index (κ1) is 13.1. The van der Waals surface area contributed by atoms with E-state index in [2.05, 4.69) is 10.1 Å². The number of halogens is 3. The summed E-state index contributed by atoms with van der Waals surface area (Å²) in [5.41, 5.74) is 0.0665. The zero-order valence-electron chi connectivity index (χ0n) is 9.39. The van der Waals surface area contributed by atoms with Crippen molar-refractivity contribution in [2.24, 2.45) is 0 Å². The minimum atomic E-state index is -4.31. The molecular weight excluding hydrogens is 267 g/mol. The van der Waals surface area contributed by atoms with Crippen molar-refractivity contribution in [3.05, 3.63) is 24.0 Å². The van der Waals surface area contributed by atoms with Crippen molar-refractivity contribution < 1.29 is 27.8 Å². The molecule has 0 bridgehead atoms. The minimum Gasteiger partial charge on any atom is -0.476 e. The third kappa shape index (κ3) is 3.12. The van der Waals surface area contributed by atoms with Crippen LogP contribution < -0.4 is 4.74 Å². The molecule has 102 valence electrons. The third-order valence-corrected chi connectivity index (χ3v) is 2.19. The Morgan fingerprint density at radius 1 is 1.42 bits per heavy atom. The lowest BCUT2D eigenvalue weighted by atomic mass is 10.4. The van der Waals surface area contributed by atoms with Crippen LogP contribution in [0.3, 0.4) is 0 Å². The Morgan fingerprint density at radius 2 is 2.16 bits per heavy atom. The Labute approximate surface area is 104 Å². The summed E-state index contributed by atoms with van der Waals surface area (Å²) < 4.78 is 41.6. The fourth-order valence-corrected chi connectivity index (χ4v) is 1.35. The molecule has 0 saturated carbocycles. The number of carbonyl (C=O) groups is 1. The molecule has 2 aromatic heterocycles. The van der Waals surface area contributed by atoms with E-state index in [4.69, 9.17) is 9.84 Å². The number of aromatic carboxylic acids is 1. The summed E-state index contributed by atoms with van der Waals surface area (Å²) in [5, 5.41) is 12.6. The van der Waals surface area contributed by atoms with Crippen LogP contribution in [0, 0.1) is 0 Å². The lowest BCUT2D eigenvalue weighted by molar-refractivity contribution is -0.139. The van der Waals surface area contributed by atoms with Gasteiger partial charge in [-0.1, -0.05) is 0 Å². The largest absolute Gasteiger partial charge is 0.476 e. The van der Waals surface area contributed by atoms with Crippen LogP contribution in [-0.2, 0) is 0 Å². The number of carboxylic acids is 1. The van der Waals surface area contributed by atoms with Crippen molar-refractivity contribution in [3.63, 3.8) is 0 Å². The van der Waals surface area contributed by atoms with E-state index in [1.807, 2.05) is 0 Å². The molecular formula is C10H8F3N3O3. The normalized spacial score (nSPS) is 11.7. The predicted octanol–water partition coefficient (Wildman–Crippen LogP) is 1.76. The summed E-state index contributed by atoms with van der Waals surface area (Å²) in [6.45, 7) is -0.584. The Kier molecular flexibility index (Phi) is 3.28. The number of hydrogen-bond acceptors (Lipinski definition) is 4. The first-order chi connectivity index (χ1) is 8.87. The molecule has 0 amide bonds. The molecule has 9 heteroatoms. The second-order valence-corrected chi connectivity index (χ2v) is 3.60. The van der Waals surface area contributed by atoms with Crippen molar-refractivity contribution >= 4 is 11.6 Å². The fraction of sp³-hybridized carbons (Fsp3) is 0.300. The van der Waals surface area contributed by atoms with E-state index in [1.54, 1.807) is 0 Å². The summed E-state index contributed by atoms with van der Waals surface area (Å²) in [6.07, 6.45) is -4.32. The van der Waals surface area contributed by atoms with Gasteiger partial charge in [0.1, 0.15) is 0 Å². The van der Waals surface area contributed by atoms with Crippen molar-refractivity contribution in [1.29, 1.82) is 0 Å². The zero-order valence-corrected chi connectivity index (χ0v) is 9.39. The Morgan fingerprint density at radius 3 is 2.79 bits per heavy atom. The number of carboxylic acid groups (broad SMARTS) is 1. The van der Waals surface area contributed by atoms with Crippen LogP contribution >= 0.6 is 0 Å². The SMILES string of the molecule is O=C(O)c1cnc2ccc(OCCC(F)(F)F)nn12. The first-order valence-corrected chi connectivity index (χ1v) is 5.14. The molecule has 0 aromatic carbocycles. The second-order valence-electron chi connectivity index (χ2n) is 3.60. The van der Waals surface area contributed by atoms with Gasteiger partial charge in [-0.25, -0.2) is 14.3 Å². The van der Waals surface area contributed by atoms with Crippen LogP contribution in [0.2, 0.25) is 0 Å². The number of ether oxygens (including phenoxy) is 1. The molecule has 0 radical (unpaired) electrons. The Hall–Kier alpha value is -2.32. The summed E-state index contributed by atoms with van der Waals surface area (Å²) >= 11 is 0. The van der Waals surface area contributed by atoms with E-state index >= 15 is 0 Å². The molecule has 0 atom stereocenters. The minimum absolute atomic E-state index is 0.0998. The van der Waals surface area contributed by atoms with Crippen LogP contribution in [0.15, 0.2) is 18.3 Å². The topological polar surface area (TPSA) is 76.7 Å². The van der Waals surface area contributed by atoms with Gasteiger partial charge in [0.15, 0.2) is 11.3 Å². The molecule has 0 aliphatic rings. The highest BCUT2D eigenvalue weighted by molar-refractivity contribution is 5.86. The van der Waals surface area contributed by atoms with Gasteiger partial charge in [0.2, 0.25) is 5.88 Å². The molecule has 0 aliphatic carbocycles. The Bertz CT molecular complexity index is 609. The molecule has 2 rings (SSSR count). The van der Waals surface area contributed by atoms with Gasteiger partial charge in [0.25, 0.3) is 0 Å². The van der Waals surface area contributed by atoms with E-state index in [-0.39, 0.29) is 17.2 Å². The van der Waals surface area contributed by atoms with Gasteiger partial charge in [-0.05, 0) is 6.07 Å². The highest BCUT2D eigenvalue weighted by Gasteiger charge is 2.27. The van der Waals surface area contributed by atoms with Crippen LogP contribution in [0.1, 0.15) is 16.9 Å². The molecule has 0 spiro atoms. The molecule has 2 heterocycles. The number of aromatic nitrogens is 3. The molecule has 1 N–H and O–H groups in total. The lowest BCUT2D eigenvalue weighted by Gasteiger charge is -2.08. The van der Waals surface area contributed by atoms with E-state index < -0.39 is 25.2 Å². The Balaban J connectivity index is 2.16. The fourth-order valence-electron chi connectivity index (χ4n) is 1.35. The van der Waals surface area contributed by atoms with E-state index in [1.165, 1.54) is 12.1 Å². The average molecular weight is 275 g/mol. The van der Waals surface area contributed by atoms with Gasteiger partial charge >= 0.3 is 12.1 Å². The van der Waals surface area contributed by atoms with Crippen LogP contribution in [0.4, 0.5) is 13.2 Å². The number of rotatable bonds is 4. The maximum absolute atomic E-state index is 11.9. The zero-order chi connectivity index (χ0) is 14.0. The molecule has 0 fully saturated rings. The van der Waals surface area contributed by atoms with Gasteiger partial charge < -0.3 is 9.84 Å². The standard InChI is InChI=1S/C10H8F3N3O3/c11-10(12,13)3-4-19-8-2-1-7-14-5-6(9(17)18)16(7)15-8/h1-2,5H,3-4H2,(H,17,18). The summed E-state index contributed by atoms with van der Waals surface area (Å²) in [7, 11) is 0. The molecule has 19 heavy (non-hydrogen) atoms. The van der Waals surface area contributed by atoms with Crippen molar-refractivity contribution in [1.82, 2.24) is 14.6 Å². The van der Waals surface area contributed by atoms with Crippen LogP contribution in [0.25, 0.3) is 5.65 Å². The maximum atomic E-state index is 11.9. The van der Waals surface area contributed by atoms with Gasteiger partial charge in [-0.3, -0.25) is 0 Å². The summed E-state index contributed by atoms with van der Waals surface area (Å²) in [4.78, 5) is 14.6. The number of alkyl halides is 3. The molecule has 2 aromatic rings. The van der Waals surface area contributed by atoms with Gasteiger partial charge in [-0.15, -0.1) is 5.10 Å². The van der Waals surface area contributed by atoms with E-state index in [0.717, 1.165) is 10.7 Å². The number of imidazole rings is 1. The van der Waals surface area contributed by atoms with Crippen molar-refractivity contribution in [3.8, 4) is 5.88 Å². The van der Waals surface area contributed by atoms with Gasteiger partial charge in [0, 0.05) is 6.07 Å². The molecule has 0 aliphatic heterocycles. The predicted molar refractivity (Wildman–Crippen MR) is 56.1 cm³/mol. The van der Waals surface area contributed by atoms with Crippen molar-refractivity contribution in [2.75, 3.05) is 6.61 Å². The summed E-state index contributed by atoms with van der Waals surface area (Å²) in [5.74, 6) is -1.34. The van der Waals surface area contributed by atoms with Crippen molar-refractivity contribution in [2.45, 2.75) is 12.6 Å². The quantitative estimate of drug-likeness (QED) is 0.920.